The molecule has 1 amide bonds. The Kier molecular flexibility index (Phi) is 6.48. The number of carbonyl (C=O) groups is 1. The van der Waals surface area contributed by atoms with Crippen LogP contribution in [0, 0.1) is 0 Å². The van der Waals surface area contributed by atoms with Crippen molar-refractivity contribution in [3.63, 3.8) is 0 Å². The number of methoxy groups -OCH3 is 1. The van der Waals surface area contributed by atoms with Crippen LogP contribution in [0.2, 0.25) is 0 Å². The Hall–Kier alpha value is -3.82. The van der Waals surface area contributed by atoms with Crippen LogP contribution in [0.4, 0.5) is 0 Å². The van der Waals surface area contributed by atoms with Gasteiger partial charge in [-0.1, -0.05) is 18.2 Å². The van der Waals surface area contributed by atoms with Crippen LogP contribution in [0.5, 0.6) is 5.75 Å². The minimum atomic E-state index is -0.191. The summed E-state index contributed by atoms with van der Waals surface area (Å²) in [6.07, 6.45) is 6.14. The number of nitrogens with one attached hydrogen (secondary N) is 1. The standard InChI is InChI=1S/C31H34N6O3/c1-36-13-14-40-18-26(36)31(38)37-12-11-21(17-37)24-10-9-20(16-32-24)28-30-25(34-35-28)15-27(39-2)29(33-30)23-8-4-6-19-5-3-7-22(19)23/h4,6,8-10,15-16,21,26H,3,5,7,11-14,17-18H2,1-2H3,(H,34,35)/t21?,26-/m1/s1. The number of benzene rings is 1. The number of hydrogen-bond acceptors (Lipinski definition) is 7. The van der Waals surface area contributed by atoms with E-state index in [4.69, 9.17) is 19.4 Å². The molecule has 2 aliphatic heterocycles. The van der Waals surface area contributed by atoms with Gasteiger partial charge in [-0.05, 0) is 56.0 Å². The number of rotatable bonds is 5. The van der Waals surface area contributed by atoms with Crippen LogP contribution in [-0.2, 0) is 22.4 Å². The zero-order valence-electron chi connectivity index (χ0n) is 23.0. The number of ether oxygens (including phenoxy) is 2. The fourth-order valence-corrected chi connectivity index (χ4v) is 6.47. The van der Waals surface area contributed by atoms with Crippen LogP contribution in [0.15, 0.2) is 42.6 Å². The maximum atomic E-state index is 13.1. The first kappa shape index (κ1) is 25.2. The number of fused-ring (bicyclic) bond motifs is 2. The van der Waals surface area contributed by atoms with E-state index < -0.39 is 0 Å². The molecule has 1 unspecified atom stereocenters. The van der Waals surface area contributed by atoms with E-state index in [0.29, 0.717) is 19.8 Å². The van der Waals surface area contributed by atoms with Gasteiger partial charge < -0.3 is 14.4 Å². The van der Waals surface area contributed by atoms with Gasteiger partial charge in [-0.15, -0.1) is 0 Å². The van der Waals surface area contributed by atoms with Crippen molar-refractivity contribution in [1.82, 2.24) is 30.0 Å². The average Bonchev–Trinajstić information content (AvgIpc) is 3.76. The maximum absolute atomic E-state index is 13.1. The van der Waals surface area contributed by atoms with E-state index in [-0.39, 0.29) is 17.9 Å². The average molecular weight is 539 g/mol. The van der Waals surface area contributed by atoms with Crippen LogP contribution in [0.25, 0.3) is 33.5 Å². The molecule has 1 aliphatic carbocycles. The quantitative estimate of drug-likeness (QED) is 0.413. The highest BCUT2D eigenvalue weighted by Crippen LogP contribution is 2.39. The summed E-state index contributed by atoms with van der Waals surface area (Å²) >= 11 is 0. The number of H-pyrrole nitrogens is 1. The number of nitrogens with zero attached hydrogens (tertiary/aromatic N) is 5. The van der Waals surface area contributed by atoms with Crippen LogP contribution in [-0.4, -0.2) is 88.9 Å². The molecule has 1 aromatic carbocycles. The monoisotopic (exact) mass is 538 g/mol. The van der Waals surface area contributed by atoms with Gasteiger partial charge in [0.1, 0.15) is 28.7 Å². The normalized spacial score (nSPS) is 21.2. The van der Waals surface area contributed by atoms with Gasteiger partial charge in [-0.2, -0.15) is 5.10 Å². The molecule has 0 radical (unpaired) electrons. The van der Waals surface area contributed by atoms with Crippen LogP contribution >= 0.6 is 0 Å². The Morgan fingerprint density at radius 3 is 2.90 bits per heavy atom. The summed E-state index contributed by atoms with van der Waals surface area (Å²) in [5.41, 5.74) is 9.08. The summed E-state index contributed by atoms with van der Waals surface area (Å²) in [5, 5.41) is 7.75. The van der Waals surface area contributed by atoms with E-state index in [1.54, 1.807) is 7.11 Å². The lowest BCUT2D eigenvalue weighted by Crippen LogP contribution is -2.52. The minimum Gasteiger partial charge on any atom is -0.494 e. The van der Waals surface area contributed by atoms with E-state index in [1.807, 2.05) is 24.2 Å². The van der Waals surface area contributed by atoms with E-state index >= 15 is 0 Å². The molecule has 4 aromatic rings. The second-order valence-corrected chi connectivity index (χ2v) is 11.1. The Balaban J connectivity index is 1.14. The molecule has 9 nitrogen and oxygen atoms in total. The first-order chi connectivity index (χ1) is 19.6. The molecular formula is C31H34N6O3. The highest BCUT2D eigenvalue weighted by Gasteiger charge is 2.35. The van der Waals surface area contributed by atoms with Crippen molar-refractivity contribution < 1.29 is 14.3 Å². The molecule has 206 valence electrons. The number of likely N-dealkylation sites (tertiary alicyclic amines) is 1. The van der Waals surface area contributed by atoms with E-state index in [9.17, 15) is 4.79 Å². The topological polar surface area (TPSA) is 96.5 Å². The van der Waals surface area contributed by atoms with Crippen molar-refractivity contribution in [3.05, 3.63) is 59.4 Å². The van der Waals surface area contributed by atoms with E-state index in [2.05, 4.69) is 45.4 Å². The Morgan fingerprint density at radius 1 is 1.15 bits per heavy atom. The first-order valence-corrected chi connectivity index (χ1v) is 14.2. The van der Waals surface area contributed by atoms with Crippen molar-refractivity contribution >= 4 is 16.9 Å². The second-order valence-electron chi connectivity index (χ2n) is 11.1. The van der Waals surface area contributed by atoms with Crippen LogP contribution in [0.1, 0.15) is 35.6 Å². The van der Waals surface area contributed by atoms with Gasteiger partial charge in [0.2, 0.25) is 5.91 Å². The van der Waals surface area contributed by atoms with Crippen molar-refractivity contribution in [2.45, 2.75) is 37.6 Å². The largest absolute Gasteiger partial charge is 0.494 e. The third-order valence-electron chi connectivity index (χ3n) is 8.78. The Morgan fingerprint density at radius 2 is 2.08 bits per heavy atom. The summed E-state index contributed by atoms with van der Waals surface area (Å²) in [7, 11) is 3.69. The third kappa shape index (κ3) is 4.33. The molecule has 0 saturated carbocycles. The number of pyridine rings is 2. The number of aryl methyl sites for hydroxylation is 1. The van der Waals surface area contributed by atoms with Gasteiger partial charge in [0.15, 0.2) is 0 Å². The predicted octanol–water partition coefficient (Wildman–Crippen LogP) is 3.83. The molecule has 3 aromatic heterocycles. The molecule has 9 heteroatoms. The fourth-order valence-electron chi connectivity index (χ4n) is 6.47. The highest BCUT2D eigenvalue weighted by atomic mass is 16.5. The molecule has 1 N–H and O–H groups in total. The first-order valence-electron chi connectivity index (χ1n) is 14.2. The summed E-state index contributed by atoms with van der Waals surface area (Å²) in [4.78, 5) is 27.1. The lowest BCUT2D eigenvalue weighted by Gasteiger charge is -2.33. The zero-order valence-corrected chi connectivity index (χ0v) is 23.0. The van der Waals surface area contributed by atoms with Crippen molar-refractivity contribution in [2.75, 3.05) is 47.0 Å². The molecule has 2 fully saturated rings. The molecule has 7 rings (SSSR count). The minimum absolute atomic E-state index is 0.158. The van der Waals surface area contributed by atoms with Gasteiger partial charge in [0.25, 0.3) is 0 Å². The number of hydrogen-bond donors (Lipinski definition) is 1. The number of aromatic nitrogens is 4. The van der Waals surface area contributed by atoms with E-state index in [0.717, 1.165) is 77.3 Å². The highest BCUT2D eigenvalue weighted by molar-refractivity contribution is 5.93. The van der Waals surface area contributed by atoms with Gasteiger partial charge in [0, 0.05) is 54.6 Å². The molecule has 2 saturated heterocycles. The number of carbonyl (C=O) groups excluding carboxylic acids is 1. The van der Waals surface area contributed by atoms with Crippen LogP contribution < -0.4 is 4.74 Å². The molecular weight excluding hydrogens is 504 g/mol. The Bertz CT molecular complexity index is 1570. The number of amides is 1. The zero-order chi connectivity index (χ0) is 27.2. The fraction of sp³-hybridized carbons (Fsp3) is 0.419. The number of likely N-dealkylation sites (N-methyl/N-ethyl adjacent to an activating group) is 1. The van der Waals surface area contributed by atoms with Gasteiger partial charge in [0.05, 0.1) is 25.8 Å². The summed E-state index contributed by atoms with van der Waals surface area (Å²) in [6.45, 7) is 3.37. The molecule has 2 atom stereocenters. The smallest absolute Gasteiger partial charge is 0.242 e. The van der Waals surface area contributed by atoms with Gasteiger partial charge >= 0.3 is 0 Å². The Labute approximate surface area is 233 Å². The third-order valence-corrected chi connectivity index (χ3v) is 8.78. The number of morpholine rings is 1. The maximum Gasteiger partial charge on any atom is 0.242 e. The van der Waals surface area contributed by atoms with Gasteiger partial charge in [-0.3, -0.25) is 19.8 Å². The SMILES string of the molecule is COc1cc2[nH]nc(-c3ccc(C4CCN(C(=O)[C@H]5COCCN5C)C4)nc3)c2nc1-c1cccc2c1CCC2. The lowest BCUT2D eigenvalue weighted by molar-refractivity contribution is -0.141. The summed E-state index contributed by atoms with van der Waals surface area (Å²) in [5.74, 6) is 1.12. The molecule has 5 heterocycles. The molecule has 0 bridgehead atoms. The lowest BCUT2D eigenvalue weighted by atomic mass is 9.99. The molecule has 40 heavy (non-hydrogen) atoms. The van der Waals surface area contributed by atoms with Gasteiger partial charge in [-0.25, -0.2) is 4.98 Å². The number of aromatic amines is 1. The van der Waals surface area contributed by atoms with Crippen LogP contribution in [0.3, 0.4) is 0 Å². The molecule has 3 aliphatic rings. The van der Waals surface area contributed by atoms with E-state index in [1.165, 1.54) is 17.5 Å². The second kappa shape index (κ2) is 10.3. The van der Waals surface area contributed by atoms with Crippen molar-refractivity contribution in [2.24, 2.45) is 0 Å². The van der Waals surface area contributed by atoms with Crippen molar-refractivity contribution in [1.29, 1.82) is 0 Å². The summed E-state index contributed by atoms with van der Waals surface area (Å²) < 4.78 is 11.3. The molecule has 0 spiro atoms. The van der Waals surface area contributed by atoms with Crippen molar-refractivity contribution in [3.8, 4) is 28.3 Å². The predicted molar refractivity (Wildman–Crippen MR) is 152 cm³/mol. The summed E-state index contributed by atoms with van der Waals surface area (Å²) in [6, 6.07) is 12.4.